The molecule has 4 fully saturated rings. The van der Waals surface area contributed by atoms with Crippen LogP contribution in [0.25, 0.3) is 0 Å². The number of hydrogen-bond donors (Lipinski definition) is 4. The monoisotopic (exact) mass is 533 g/mol. The van der Waals surface area contributed by atoms with Gasteiger partial charge in [-0.25, -0.2) is 8.42 Å². The van der Waals surface area contributed by atoms with E-state index in [1.165, 1.54) is 16.7 Å². The van der Waals surface area contributed by atoms with Gasteiger partial charge in [-0.05, 0) is 55.7 Å². The van der Waals surface area contributed by atoms with E-state index in [2.05, 4.69) is 60.5 Å². The summed E-state index contributed by atoms with van der Waals surface area (Å²) in [5, 5.41) is 9.83. The highest BCUT2D eigenvalue weighted by Gasteiger charge is 2.43. The molecule has 9 nitrogen and oxygen atoms in total. The summed E-state index contributed by atoms with van der Waals surface area (Å²) in [6, 6.07) is 6.21. The van der Waals surface area contributed by atoms with E-state index >= 15 is 0 Å². The average molecular weight is 534 g/mol. The Morgan fingerprint density at radius 2 is 1.81 bits per heavy atom. The molecular formula is C27H43N5O4S. The lowest BCUT2D eigenvalue weighted by Crippen LogP contribution is -2.64. The molecule has 3 aliphatic heterocycles. The van der Waals surface area contributed by atoms with Crippen LogP contribution < -0.4 is 20.7 Å². The maximum Gasteiger partial charge on any atom is 0.226 e. The topological polar surface area (TPSA) is 112 Å². The van der Waals surface area contributed by atoms with Gasteiger partial charge in [-0.3, -0.25) is 15.4 Å². The maximum atomic E-state index is 13.9. The Kier molecular flexibility index (Phi) is 7.96. The van der Waals surface area contributed by atoms with E-state index < -0.39 is 21.6 Å². The predicted octanol–water partition coefficient (Wildman–Crippen LogP) is 1.87. The van der Waals surface area contributed by atoms with Gasteiger partial charge in [-0.1, -0.05) is 38.5 Å². The first-order chi connectivity index (χ1) is 17.6. The third kappa shape index (κ3) is 5.74. The minimum Gasteiger partial charge on any atom is -0.357 e. The minimum atomic E-state index is -3.67. The molecule has 6 bridgehead atoms. The number of aryl methyl sites for hydroxylation is 2. The van der Waals surface area contributed by atoms with E-state index in [1.807, 2.05) is 11.0 Å². The summed E-state index contributed by atoms with van der Waals surface area (Å²) in [6.45, 7) is 10.4. The van der Waals surface area contributed by atoms with Crippen molar-refractivity contribution < 1.29 is 17.9 Å². The molecule has 1 saturated carbocycles. The number of nitrogens with zero attached hydrogens (tertiary/aromatic N) is 1. The van der Waals surface area contributed by atoms with Crippen LogP contribution in [0.1, 0.15) is 68.7 Å². The summed E-state index contributed by atoms with van der Waals surface area (Å²) in [5.41, 5.74) is 3.51. The zero-order valence-electron chi connectivity index (χ0n) is 22.5. The first-order valence-corrected chi connectivity index (χ1v) is 15.4. The van der Waals surface area contributed by atoms with Gasteiger partial charge in [-0.2, -0.15) is 4.72 Å². The van der Waals surface area contributed by atoms with Crippen LogP contribution in [0.4, 0.5) is 0 Å². The second kappa shape index (κ2) is 10.9. The van der Waals surface area contributed by atoms with Crippen LogP contribution in [-0.4, -0.2) is 68.8 Å². The lowest BCUT2D eigenvalue weighted by Gasteiger charge is -2.40. The van der Waals surface area contributed by atoms with Gasteiger partial charge >= 0.3 is 0 Å². The van der Waals surface area contributed by atoms with Crippen molar-refractivity contribution in [2.75, 3.05) is 19.6 Å². The molecule has 3 saturated heterocycles. The van der Waals surface area contributed by atoms with E-state index in [0.29, 0.717) is 38.9 Å². The fourth-order valence-electron chi connectivity index (χ4n) is 6.77. The standard InChI is InChI=1S/C27H43N5O4S/c1-16(2)23-14-28-13-20-15-32(23)26(33)19-9-6-10-21(11-19)37(34,35)31-27-29-22(12-24(30-27)36-20)25-17(3)7-5-8-18(25)4/h5,7-8,16,19-24,27-31H,6,9-15H2,1-4H3/t19?,20-,21?,22?,23+,24?,27?/m0/s1. The Balaban J connectivity index is 1.51. The normalized spacial score (nSPS) is 36.7. The molecule has 1 amide bonds. The summed E-state index contributed by atoms with van der Waals surface area (Å²) in [7, 11) is -3.67. The predicted molar refractivity (Wildman–Crippen MR) is 143 cm³/mol. The molecule has 5 rings (SSSR count). The summed E-state index contributed by atoms with van der Waals surface area (Å²) in [4.78, 5) is 15.9. The molecule has 10 heteroatoms. The number of rotatable bonds is 2. The van der Waals surface area contributed by atoms with Crippen molar-refractivity contribution in [1.82, 2.24) is 25.6 Å². The maximum absolute atomic E-state index is 13.9. The SMILES string of the molecule is Cc1cccc(C)c1C1CC2NC(N1)NS(=O)(=O)C1CCCC(C1)C(=O)N1C[C@H](CNC[C@@H]1C(C)C)O2. The molecule has 0 spiro atoms. The van der Waals surface area contributed by atoms with Crippen LogP contribution in [0.15, 0.2) is 18.2 Å². The lowest BCUT2D eigenvalue weighted by atomic mass is 9.87. The Hall–Kier alpha value is -1.56. The van der Waals surface area contributed by atoms with E-state index in [0.717, 1.165) is 12.8 Å². The van der Waals surface area contributed by atoms with Gasteiger partial charge in [-0.15, -0.1) is 0 Å². The van der Waals surface area contributed by atoms with Gasteiger partial charge in [0.05, 0.1) is 11.4 Å². The van der Waals surface area contributed by atoms with E-state index in [1.54, 1.807) is 0 Å². The highest BCUT2D eigenvalue weighted by Crippen LogP contribution is 2.33. The molecular weight excluding hydrogens is 490 g/mol. The number of benzene rings is 1. The molecule has 0 aromatic heterocycles. The molecule has 4 aliphatic rings. The van der Waals surface area contributed by atoms with Crippen LogP contribution in [0.3, 0.4) is 0 Å². The van der Waals surface area contributed by atoms with Crippen LogP contribution in [0.2, 0.25) is 0 Å². The van der Waals surface area contributed by atoms with E-state index in [-0.39, 0.29) is 42.2 Å². The fraction of sp³-hybridized carbons (Fsp3) is 0.741. The molecule has 1 aromatic carbocycles. The molecule has 3 heterocycles. The first-order valence-electron chi connectivity index (χ1n) is 13.9. The van der Waals surface area contributed by atoms with Gasteiger partial charge in [0.15, 0.2) is 0 Å². The minimum absolute atomic E-state index is 0.0532. The smallest absolute Gasteiger partial charge is 0.226 e. The number of nitrogens with one attached hydrogen (secondary N) is 4. The van der Waals surface area contributed by atoms with Gasteiger partial charge in [0, 0.05) is 44.1 Å². The molecule has 7 atom stereocenters. The second-order valence-electron chi connectivity index (χ2n) is 11.7. The van der Waals surface area contributed by atoms with Crippen molar-refractivity contribution >= 4 is 15.9 Å². The first kappa shape index (κ1) is 27.0. The summed E-state index contributed by atoms with van der Waals surface area (Å²) >= 11 is 0. The quantitative estimate of drug-likeness (QED) is 0.459. The zero-order valence-corrected chi connectivity index (χ0v) is 23.3. The van der Waals surface area contributed by atoms with Gasteiger partial charge in [0.25, 0.3) is 0 Å². The van der Waals surface area contributed by atoms with E-state index in [9.17, 15) is 13.2 Å². The van der Waals surface area contributed by atoms with Crippen LogP contribution in [-0.2, 0) is 19.6 Å². The number of hydrogen-bond acceptors (Lipinski definition) is 7. The van der Waals surface area contributed by atoms with Crippen LogP contribution in [0.5, 0.6) is 0 Å². The van der Waals surface area contributed by atoms with Crippen molar-refractivity contribution in [2.45, 2.75) is 95.8 Å². The van der Waals surface area contributed by atoms with Crippen LogP contribution >= 0.6 is 0 Å². The molecule has 4 N–H and O–H groups in total. The fourth-order valence-corrected chi connectivity index (χ4v) is 8.39. The third-order valence-electron chi connectivity index (χ3n) is 8.69. The van der Waals surface area contributed by atoms with Gasteiger partial charge in [0.1, 0.15) is 12.5 Å². The Labute approximate surface area is 221 Å². The third-order valence-corrected chi connectivity index (χ3v) is 10.6. The highest BCUT2D eigenvalue weighted by molar-refractivity contribution is 7.90. The number of amides is 1. The Bertz CT molecular complexity index is 1080. The van der Waals surface area contributed by atoms with Crippen molar-refractivity contribution in [1.29, 1.82) is 0 Å². The van der Waals surface area contributed by atoms with Crippen molar-refractivity contribution in [3.8, 4) is 0 Å². The Morgan fingerprint density at radius 1 is 1.05 bits per heavy atom. The molecule has 1 aliphatic carbocycles. The summed E-state index contributed by atoms with van der Waals surface area (Å²) in [6.07, 6.45) is 1.82. The van der Waals surface area contributed by atoms with E-state index in [4.69, 9.17) is 4.74 Å². The molecule has 5 unspecified atom stereocenters. The Morgan fingerprint density at radius 3 is 2.54 bits per heavy atom. The number of fused-ring (bicyclic) bond motifs is 6. The number of sulfonamides is 1. The summed E-state index contributed by atoms with van der Waals surface area (Å²) in [5.74, 6) is 0.0850. The highest BCUT2D eigenvalue weighted by atomic mass is 32.2. The summed E-state index contributed by atoms with van der Waals surface area (Å²) < 4.78 is 36.7. The van der Waals surface area contributed by atoms with Gasteiger partial charge in [0.2, 0.25) is 15.9 Å². The van der Waals surface area contributed by atoms with Crippen molar-refractivity contribution in [3.05, 3.63) is 34.9 Å². The molecule has 206 valence electrons. The molecule has 0 radical (unpaired) electrons. The molecule has 37 heavy (non-hydrogen) atoms. The zero-order chi connectivity index (χ0) is 26.3. The van der Waals surface area contributed by atoms with Crippen LogP contribution in [0, 0.1) is 25.7 Å². The number of carbonyl (C=O) groups is 1. The largest absolute Gasteiger partial charge is 0.357 e. The average Bonchev–Trinajstić information content (AvgIpc) is 3.05. The van der Waals surface area contributed by atoms with Gasteiger partial charge < -0.3 is 15.0 Å². The van der Waals surface area contributed by atoms with Crippen molar-refractivity contribution in [2.24, 2.45) is 11.8 Å². The lowest BCUT2D eigenvalue weighted by molar-refractivity contribution is -0.143. The molecule has 1 aromatic rings. The van der Waals surface area contributed by atoms with Crippen molar-refractivity contribution in [3.63, 3.8) is 0 Å². The second-order valence-corrected chi connectivity index (χ2v) is 13.7. The number of carbonyl (C=O) groups excluding carboxylic acids is 1. The number of ether oxygens (including phenoxy) is 1.